The first kappa shape index (κ1) is 29.3. The minimum atomic E-state index is 0.0450. The zero-order valence-corrected chi connectivity index (χ0v) is 23.7. The molecule has 0 N–H and O–H groups in total. The summed E-state index contributed by atoms with van der Waals surface area (Å²) in [7, 11) is 2.03. The Hall–Kier alpha value is -3.25. The van der Waals surface area contributed by atoms with Gasteiger partial charge in [0.25, 0.3) is 0 Å². The van der Waals surface area contributed by atoms with Crippen LogP contribution in [-0.2, 0) is 4.79 Å². The normalized spacial score (nSPS) is 16.2. The van der Waals surface area contributed by atoms with Crippen molar-refractivity contribution in [3.05, 3.63) is 58.7 Å². The van der Waals surface area contributed by atoms with Gasteiger partial charge in [0.05, 0.1) is 26.4 Å². The average Bonchev–Trinajstić information content (AvgIpc) is 2.92. The smallest absolute Gasteiger partial charge is 0.187 e. The second-order valence-corrected chi connectivity index (χ2v) is 9.63. The zero-order chi connectivity index (χ0) is 27.3. The lowest BCUT2D eigenvalue weighted by Crippen LogP contribution is -2.34. The lowest BCUT2D eigenvalue weighted by molar-refractivity contribution is -0.113. The highest BCUT2D eigenvalue weighted by atomic mass is 16.5. The fraction of sp³-hybridized carbons (Fsp3) is 0.469. The Kier molecular flexibility index (Phi) is 11.7. The second-order valence-electron chi connectivity index (χ2n) is 9.63. The van der Waals surface area contributed by atoms with Gasteiger partial charge >= 0.3 is 0 Å². The molecule has 3 rings (SSSR count). The Labute approximate surface area is 228 Å². The Bertz CT molecular complexity index is 1040. The van der Waals surface area contributed by atoms with Crippen molar-refractivity contribution in [3.8, 4) is 23.0 Å². The van der Waals surface area contributed by atoms with Crippen molar-refractivity contribution in [3.63, 3.8) is 0 Å². The number of likely N-dealkylation sites (N-methyl/N-ethyl adjacent to an activating group) is 1. The molecule has 0 radical (unpaired) electrons. The number of Topliss-reactive ketones (excluding diaryl/α,β-unsaturated/α-hetero) is 1. The van der Waals surface area contributed by atoms with Gasteiger partial charge in [-0.3, -0.25) is 9.69 Å². The van der Waals surface area contributed by atoms with E-state index in [0.717, 1.165) is 71.0 Å². The largest absolute Gasteiger partial charge is 0.493 e. The minimum absolute atomic E-state index is 0.0450. The average molecular weight is 522 g/mol. The maximum atomic E-state index is 13.7. The van der Waals surface area contributed by atoms with Crippen LogP contribution in [0, 0.1) is 0 Å². The van der Waals surface area contributed by atoms with E-state index in [-0.39, 0.29) is 5.78 Å². The van der Waals surface area contributed by atoms with Crippen LogP contribution in [0.4, 0.5) is 0 Å². The maximum absolute atomic E-state index is 13.7. The summed E-state index contributed by atoms with van der Waals surface area (Å²) >= 11 is 0. The molecule has 1 aliphatic rings. The molecule has 2 aromatic carbocycles. The predicted octanol–water partition coefficient (Wildman–Crippen LogP) is 6.82. The molecule has 0 saturated carbocycles. The molecule has 6 nitrogen and oxygen atoms in total. The second kappa shape index (κ2) is 15.2. The molecule has 206 valence electrons. The van der Waals surface area contributed by atoms with E-state index in [1.54, 1.807) is 0 Å². The van der Waals surface area contributed by atoms with Crippen LogP contribution in [0.1, 0.15) is 64.5 Å². The van der Waals surface area contributed by atoms with Gasteiger partial charge in [0.1, 0.15) is 23.0 Å². The van der Waals surface area contributed by atoms with E-state index in [9.17, 15) is 4.79 Å². The number of rotatable bonds is 14. The third-order valence-corrected chi connectivity index (χ3v) is 5.96. The van der Waals surface area contributed by atoms with E-state index >= 15 is 0 Å². The maximum Gasteiger partial charge on any atom is 0.187 e. The Morgan fingerprint density at radius 1 is 0.658 bits per heavy atom. The van der Waals surface area contributed by atoms with Crippen molar-refractivity contribution in [1.82, 2.24) is 4.90 Å². The van der Waals surface area contributed by atoms with E-state index in [1.807, 2.05) is 55.6 Å². The van der Waals surface area contributed by atoms with Crippen molar-refractivity contribution in [1.29, 1.82) is 0 Å². The van der Waals surface area contributed by atoms with Crippen molar-refractivity contribution >= 4 is 17.9 Å². The van der Waals surface area contributed by atoms with Crippen molar-refractivity contribution < 1.29 is 23.7 Å². The van der Waals surface area contributed by atoms with E-state index in [0.29, 0.717) is 39.5 Å². The van der Waals surface area contributed by atoms with Gasteiger partial charge in [-0.1, -0.05) is 27.7 Å². The van der Waals surface area contributed by atoms with E-state index < -0.39 is 0 Å². The first-order valence-corrected chi connectivity index (χ1v) is 13.9. The number of benzene rings is 2. The van der Waals surface area contributed by atoms with Gasteiger partial charge in [0.15, 0.2) is 5.78 Å². The Morgan fingerprint density at radius 3 is 1.45 bits per heavy atom. The Balaban J connectivity index is 1.93. The summed E-state index contributed by atoms with van der Waals surface area (Å²) < 4.78 is 23.7. The standard InChI is InChI=1S/C32H43NO5/c1-6-14-35-28-12-10-24(30(20-28)37-16-8-3)18-26-22-33(5)23-27(32(26)34)19-25-11-13-29(36-15-7-2)21-31(25)38-17-9-4/h10-13,18-21H,6-9,14-17,22-23H2,1-5H3/b26-18-,27-19+. The number of carbonyl (C=O) groups excluding carboxylic acids is 1. The Morgan fingerprint density at radius 2 is 1.05 bits per heavy atom. The van der Waals surface area contributed by atoms with Crippen LogP contribution in [0.25, 0.3) is 12.2 Å². The van der Waals surface area contributed by atoms with Crippen molar-refractivity contribution in [2.75, 3.05) is 46.6 Å². The fourth-order valence-electron chi connectivity index (χ4n) is 4.15. The molecular formula is C32H43NO5. The molecule has 1 fully saturated rings. The summed E-state index contributed by atoms with van der Waals surface area (Å²) in [5, 5.41) is 0. The highest BCUT2D eigenvalue weighted by molar-refractivity contribution is 6.14. The number of ether oxygens (including phenoxy) is 4. The highest BCUT2D eigenvalue weighted by Gasteiger charge is 2.25. The van der Waals surface area contributed by atoms with Crippen LogP contribution in [0.15, 0.2) is 47.5 Å². The molecule has 0 aliphatic carbocycles. The molecule has 0 atom stereocenters. The SMILES string of the molecule is CCCOc1ccc(/C=C2/CN(C)C/C(=C\c3ccc(OCCC)cc3OCCC)C2=O)c(OCCC)c1. The van der Waals surface area contributed by atoms with Crippen molar-refractivity contribution in [2.45, 2.75) is 53.4 Å². The third kappa shape index (κ3) is 8.38. The number of nitrogens with zero attached hydrogens (tertiary/aromatic N) is 1. The van der Waals surface area contributed by atoms with Crippen molar-refractivity contribution in [2.24, 2.45) is 0 Å². The van der Waals surface area contributed by atoms with Gasteiger partial charge < -0.3 is 18.9 Å². The first-order valence-electron chi connectivity index (χ1n) is 13.9. The predicted molar refractivity (Wildman–Crippen MR) is 154 cm³/mol. The summed E-state index contributed by atoms with van der Waals surface area (Å²) in [6.07, 6.45) is 7.58. The van der Waals surface area contributed by atoms with Crippen LogP contribution in [0.5, 0.6) is 23.0 Å². The fourth-order valence-corrected chi connectivity index (χ4v) is 4.15. The number of ketones is 1. The molecule has 0 amide bonds. The van der Waals surface area contributed by atoms with Gasteiger partial charge in [-0.15, -0.1) is 0 Å². The molecule has 1 heterocycles. The molecule has 6 heteroatoms. The van der Waals surface area contributed by atoms with Crippen LogP contribution >= 0.6 is 0 Å². The zero-order valence-electron chi connectivity index (χ0n) is 23.7. The molecule has 0 bridgehead atoms. The quantitative estimate of drug-likeness (QED) is 0.254. The van der Waals surface area contributed by atoms with Gasteiger partial charge in [-0.25, -0.2) is 0 Å². The van der Waals surface area contributed by atoms with Gasteiger partial charge in [0, 0.05) is 47.5 Å². The van der Waals surface area contributed by atoms with Gasteiger partial charge in [0.2, 0.25) is 0 Å². The van der Waals surface area contributed by atoms with Crippen LogP contribution < -0.4 is 18.9 Å². The number of hydrogen-bond acceptors (Lipinski definition) is 6. The van der Waals surface area contributed by atoms with Crippen LogP contribution in [0.3, 0.4) is 0 Å². The number of hydrogen-bond donors (Lipinski definition) is 0. The monoisotopic (exact) mass is 521 g/mol. The van der Waals surface area contributed by atoms with E-state index in [4.69, 9.17) is 18.9 Å². The molecule has 2 aromatic rings. The van der Waals surface area contributed by atoms with Crippen LogP contribution in [-0.4, -0.2) is 57.2 Å². The summed E-state index contributed by atoms with van der Waals surface area (Å²) in [6, 6.07) is 11.7. The topological polar surface area (TPSA) is 57.2 Å². The molecular weight excluding hydrogens is 478 g/mol. The molecule has 38 heavy (non-hydrogen) atoms. The first-order chi connectivity index (χ1) is 18.5. The number of piperidine rings is 1. The van der Waals surface area contributed by atoms with E-state index in [1.165, 1.54) is 0 Å². The lowest BCUT2D eigenvalue weighted by Gasteiger charge is -2.26. The van der Waals surface area contributed by atoms with Crippen LogP contribution in [0.2, 0.25) is 0 Å². The molecule has 1 saturated heterocycles. The van der Waals surface area contributed by atoms with Gasteiger partial charge in [-0.05, 0) is 69.1 Å². The summed E-state index contributed by atoms with van der Waals surface area (Å²) in [6.45, 7) is 12.0. The molecule has 0 aromatic heterocycles. The highest BCUT2D eigenvalue weighted by Crippen LogP contribution is 2.31. The van der Waals surface area contributed by atoms with Gasteiger partial charge in [-0.2, -0.15) is 0 Å². The van der Waals surface area contributed by atoms with E-state index in [2.05, 4.69) is 32.6 Å². The molecule has 1 aliphatic heterocycles. The number of carbonyl (C=O) groups is 1. The minimum Gasteiger partial charge on any atom is -0.493 e. The molecule has 0 spiro atoms. The molecule has 0 unspecified atom stereocenters. The third-order valence-electron chi connectivity index (χ3n) is 5.96. The summed E-state index contributed by atoms with van der Waals surface area (Å²) in [5.74, 6) is 3.07. The summed E-state index contributed by atoms with van der Waals surface area (Å²) in [4.78, 5) is 15.8. The lowest BCUT2D eigenvalue weighted by atomic mass is 9.94. The number of likely N-dealkylation sites (tertiary alicyclic amines) is 1. The summed E-state index contributed by atoms with van der Waals surface area (Å²) in [5.41, 5.74) is 3.22.